The summed E-state index contributed by atoms with van der Waals surface area (Å²) in [5, 5.41) is 11.1. The topological polar surface area (TPSA) is 109 Å². The molecule has 18 heavy (non-hydrogen) atoms. The van der Waals surface area contributed by atoms with Crippen LogP contribution in [-0.2, 0) is 9.59 Å². The van der Waals surface area contributed by atoms with Gasteiger partial charge in [0.1, 0.15) is 6.04 Å². The maximum atomic E-state index is 11.8. The molecule has 0 aromatic carbocycles. The fourth-order valence-corrected chi connectivity index (χ4v) is 2.25. The third-order valence-electron chi connectivity index (χ3n) is 2.40. The van der Waals surface area contributed by atoms with E-state index in [1.54, 1.807) is 6.07 Å². The smallest absolute Gasteiger partial charge is 0.326 e. The number of carbonyl (C=O) groups is 3. The molecule has 0 saturated carbocycles. The van der Waals surface area contributed by atoms with Crippen molar-refractivity contribution in [3.63, 3.8) is 0 Å². The molecule has 2 amide bonds. The summed E-state index contributed by atoms with van der Waals surface area (Å²) in [5.41, 5.74) is 5.89. The van der Waals surface area contributed by atoms with E-state index in [0.29, 0.717) is 4.88 Å². The Morgan fingerprint density at radius 1 is 1.44 bits per heavy atom. The number of thiophene rings is 1. The largest absolute Gasteiger partial charge is 0.480 e. The number of carboxylic acids is 1. The minimum Gasteiger partial charge on any atom is -0.480 e. The first kappa shape index (κ1) is 14.2. The van der Waals surface area contributed by atoms with Gasteiger partial charge in [0, 0.05) is 4.88 Å². The maximum Gasteiger partial charge on any atom is 0.326 e. The van der Waals surface area contributed by atoms with Crippen LogP contribution in [0.2, 0.25) is 0 Å². The summed E-state index contributed by atoms with van der Waals surface area (Å²) in [6, 6.07) is 0.385. The number of nitrogens with two attached hydrogens (primary N) is 1. The first-order chi connectivity index (χ1) is 8.31. The van der Waals surface area contributed by atoms with Crippen LogP contribution < -0.4 is 11.1 Å². The van der Waals surface area contributed by atoms with E-state index in [2.05, 4.69) is 5.32 Å². The van der Waals surface area contributed by atoms with Crippen LogP contribution in [0.4, 0.5) is 0 Å². The van der Waals surface area contributed by atoms with Crippen LogP contribution in [0, 0.1) is 13.8 Å². The molecule has 0 saturated heterocycles. The van der Waals surface area contributed by atoms with Gasteiger partial charge in [0.15, 0.2) is 0 Å². The van der Waals surface area contributed by atoms with Crippen molar-refractivity contribution < 1.29 is 19.5 Å². The van der Waals surface area contributed by atoms with E-state index in [-0.39, 0.29) is 0 Å². The van der Waals surface area contributed by atoms with E-state index in [0.717, 1.165) is 10.4 Å². The van der Waals surface area contributed by atoms with Gasteiger partial charge in [-0.2, -0.15) is 0 Å². The van der Waals surface area contributed by atoms with Crippen LogP contribution in [0.25, 0.3) is 0 Å². The highest BCUT2D eigenvalue weighted by Gasteiger charge is 2.23. The van der Waals surface area contributed by atoms with E-state index in [9.17, 15) is 14.4 Å². The van der Waals surface area contributed by atoms with Crippen molar-refractivity contribution in [2.45, 2.75) is 26.3 Å². The van der Waals surface area contributed by atoms with E-state index in [1.807, 2.05) is 13.8 Å². The number of hydrogen-bond donors (Lipinski definition) is 3. The van der Waals surface area contributed by atoms with E-state index in [4.69, 9.17) is 10.8 Å². The van der Waals surface area contributed by atoms with Gasteiger partial charge in [0.2, 0.25) is 5.91 Å². The number of amides is 2. The predicted octanol–water partition coefficient (Wildman–Crippen LogP) is 0.423. The molecular weight excluding hydrogens is 256 g/mol. The second-order valence-corrected chi connectivity index (χ2v) is 5.14. The van der Waals surface area contributed by atoms with Gasteiger partial charge in [-0.05, 0) is 25.5 Å². The van der Waals surface area contributed by atoms with Gasteiger partial charge in [0.05, 0.1) is 11.3 Å². The Hall–Kier alpha value is -1.89. The van der Waals surface area contributed by atoms with Gasteiger partial charge in [-0.1, -0.05) is 0 Å². The van der Waals surface area contributed by atoms with Crippen LogP contribution in [0.5, 0.6) is 0 Å². The lowest BCUT2D eigenvalue weighted by Crippen LogP contribution is -2.43. The molecular formula is C11H14N2O4S. The molecule has 0 radical (unpaired) electrons. The maximum absolute atomic E-state index is 11.8. The average molecular weight is 270 g/mol. The second kappa shape index (κ2) is 5.63. The molecule has 0 fully saturated rings. The Bertz CT molecular complexity index is 476. The number of carboxylic acid groups (broad SMARTS) is 1. The van der Waals surface area contributed by atoms with Crippen LogP contribution in [0.1, 0.15) is 26.5 Å². The zero-order chi connectivity index (χ0) is 13.9. The molecule has 6 nitrogen and oxygen atoms in total. The Kier molecular flexibility index (Phi) is 4.43. The molecule has 4 N–H and O–H groups in total. The molecule has 98 valence electrons. The van der Waals surface area contributed by atoms with Crippen LogP contribution in [-0.4, -0.2) is 28.9 Å². The van der Waals surface area contributed by atoms with Crippen LogP contribution in [0.15, 0.2) is 6.07 Å². The Balaban J connectivity index is 2.78. The molecule has 7 heteroatoms. The van der Waals surface area contributed by atoms with Gasteiger partial charge in [-0.25, -0.2) is 4.79 Å². The molecule has 1 aromatic rings. The molecule has 0 aliphatic heterocycles. The van der Waals surface area contributed by atoms with Gasteiger partial charge in [-0.3, -0.25) is 9.59 Å². The number of nitrogens with one attached hydrogen (secondary N) is 1. The number of aliphatic carboxylic acids is 1. The Morgan fingerprint density at radius 3 is 2.44 bits per heavy atom. The molecule has 0 aliphatic carbocycles. The summed E-state index contributed by atoms with van der Waals surface area (Å²) in [7, 11) is 0. The predicted molar refractivity (Wildman–Crippen MR) is 66.5 cm³/mol. The normalized spacial score (nSPS) is 11.9. The van der Waals surface area contributed by atoms with Crippen molar-refractivity contribution in [1.29, 1.82) is 0 Å². The van der Waals surface area contributed by atoms with Crippen molar-refractivity contribution in [1.82, 2.24) is 5.32 Å². The highest BCUT2D eigenvalue weighted by molar-refractivity contribution is 7.14. The summed E-state index contributed by atoms with van der Waals surface area (Å²) in [6.07, 6.45) is -0.426. The summed E-state index contributed by atoms with van der Waals surface area (Å²) < 4.78 is 0. The van der Waals surface area contributed by atoms with Gasteiger partial charge < -0.3 is 16.2 Å². The highest BCUT2D eigenvalue weighted by atomic mass is 32.1. The standard InChI is InChI=1S/C11H14N2O4S/c1-5-3-8(18-6(5)2)10(15)13-7(11(16)17)4-9(12)14/h3,7H,4H2,1-2H3,(H2,12,14)(H,13,15)(H,16,17)/t7-/m0/s1. The second-order valence-electron chi connectivity index (χ2n) is 3.88. The number of carbonyl (C=O) groups excluding carboxylic acids is 2. The van der Waals surface area contributed by atoms with E-state index < -0.39 is 30.2 Å². The van der Waals surface area contributed by atoms with Crippen molar-refractivity contribution in [2.75, 3.05) is 0 Å². The van der Waals surface area contributed by atoms with Crippen molar-refractivity contribution >= 4 is 29.1 Å². The molecule has 1 aromatic heterocycles. The summed E-state index contributed by atoms with van der Waals surface area (Å²) in [6.45, 7) is 3.73. The minimum absolute atomic E-state index is 0.417. The highest BCUT2D eigenvalue weighted by Crippen LogP contribution is 2.20. The summed E-state index contributed by atoms with van der Waals surface area (Å²) in [5.74, 6) is -2.57. The Morgan fingerprint density at radius 2 is 2.06 bits per heavy atom. The monoisotopic (exact) mass is 270 g/mol. The fourth-order valence-electron chi connectivity index (χ4n) is 1.32. The third-order valence-corrected chi connectivity index (χ3v) is 3.55. The molecule has 0 bridgehead atoms. The number of aryl methyl sites for hydroxylation is 2. The van der Waals surface area contributed by atoms with Crippen LogP contribution in [0.3, 0.4) is 0 Å². The quantitative estimate of drug-likeness (QED) is 0.720. The van der Waals surface area contributed by atoms with Gasteiger partial charge >= 0.3 is 5.97 Å². The summed E-state index contributed by atoms with van der Waals surface area (Å²) >= 11 is 1.27. The minimum atomic E-state index is -1.29. The van der Waals surface area contributed by atoms with Crippen molar-refractivity contribution in [3.05, 3.63) is 21.4 Å². The van der Waals surface area contributed by atoms with Gasteiger partial charge in [-0.15, -0.1) is 11.3 Å². The van der Waals surface area contributed by atoms with E-state index in [1.165, 1.54) is 11.3 Å². The first-order valence-corrected chi connectivity index (χ1v) is 6.02. The number of primary amides is 1. The average Bonchev–Trinajstić information content (AvgIpc) is 2.57. The lowest BCUT2D eigenvalue weighted by molar-refractivity contribution is -0.140. The zero-order valence-electron chi connectivity index (χ0n) is 10.0. The lowest BCUT2D eigenvalue weighted by atomic mass is 10.2. The zero-order valence-corrected chi connectivity index (χ0v) is 10.8. The molecule has 1 atom stereocenters. The number of hydrogen-bond acceptors (Lipinski definition) is 4. The fraction of sp³-hybridized carbons (Fsp3) is 0.364. The lowest BCUT2D eigenvalue weighted by Gasteiger charge is -2.11. The molecule has 1 rings (SSSR count). The SMILES string of the molecule is Cc1cc(C(=O)N[C@@H](CC(N)=O)C(=O)O)sc1C. The number of rotatable bonds is 5. The van der Waals surface area contributed by atoms with Crippen molar-refractivity contribution in [3.8, 4) is 0 Å². The van der Waals surface area contributed by atoms with Crippen molar-refractivity contribution in [2.24, 2.45) is 5.73 Å². The molecule has 0 unspecified atom stereocenters. The summed E-state index contributed by atoms with van der Waals surface area (Å²) in [4.78, 5) is 34.8. The van der Waals surface area contributed by atoms with Crippen LogP contribution >= 0.6 is 11.3 Å². The molecule has 1 heterocycles. The van der Waals surface area contributed by atoms with Gasteiger partial charge in [0.25, 0.3) is 5.91 Å². The first-order valence-electron chi connectivity index (χ1n) is 5.20. The van der Waals surface area contributed by atoms with E-state index >= 15 is 0 Å². The third kappa shape index (κ3) is 3.56. The Labute approximate surface area is 108 Å². The molecule has 0 spiro atoms. The molecule has 0 aliphatic rings.